The zero-order chi connectivity index (χ0) is 23.5. The first kappa shape index (κ1) is 33.7. The van der Waals surface area contributed by atoms with E-state index in [2.05, 4.69) is 40.7 Å². The zero-order valence-electron chi connectivity index (χ0n) is 21.9. The van der Waals surface area contributed by atoms with Crippen LogP contribution in [0.2, 0.25) is 0 Å². The molecule has 0 aliphatic carbocycles. The maximum Gasteiger partial charge on any atom is 0.0629 e. The van der Waals surface area contributed by atoms with E-state index in [4.69, 9.17) is 4.74 Å². The van der Waals surface area contributed by atoms with Crippen molar-refractivity contribution in [3.63, 3.8) is 0 Å². The van der Waals surface area contributed by atoms with Crippen molar-refractivity contribution < 1.29 is 25.5 Å². The Morgan fingerprint density at radius 3 is 1.78 bits per heavy atom. The molecule has 0 spiro atoms. The summed E-state index contributed by atoms with van der Waals surface area (Å²) < 4.78 is 5.54. The van der Waals surface area contributed by atoms with Crippen LogP contribution in [0.3, 0.4) is 0 Å². The molecule has 0 rings (SSSR count). The van der Waals surface area contributed by atoms with Crippen molar-refractivity contribution in [3.8, 4) is 0 Å². The van der Waals surface area contributed by atoms with Gasteiger partial charge in [-0.1, -0.05) is 84.3 Å². The van der Waals surface area contributed by atoms with Gasteiger partial charge in [-0.15, -0.1) is 0 Å². The molecule has 194 valence electrons. The Balaban J connectivity index is 0. The second-order valence-electron chi connectivity index (χ2n) is 10.6. The molecule has 5 nitrogen and oxygen atoms in total. The zero-order valence-corrected chi connectivity index (χ0v) is 21.9. The summed E-state index contributed by atoms with van der Waals surface area (Å²) in [6, 6.07) is 0. The highest BCUT2D eigenvalue weighted by molar-refractivity contribution is 4.97. The van der Waals surface area contributed by atoms with E-state index < -0.39 is 5.41 Å². The van der Waals surface area contributed by atoms with E-state index in [9.17, 15) is 15.3 Å². The van der Waals surface area contributed by atoms with Crippen LogP contribution < -0.4 is 0 Å². The maximum atomic E-state index is 9.28. The highest BCUT2D eigenvalue weighted by Crippen LogP contribution is 2.22. The Hall–Kier alpha value is -0.460. The average Bonchev–Trinajstić information content (AvgIpc) is 2.73. The van der Waals surface area contributed by atoms with Gasteiger partial charge in [-0.2, -0.15) is 0 Å². The number of unbranched alkanes of at least 4 members (excludes halogenated alkanes) is 1. The third-order valence-corrected chi connectivity index (χ3v) is 6.54. The molecule has 0 amide bonds. The van der Waals surface area contributed by atoms with E-state index in [1.807, 2.05) is 0 Å². The molecule has 0 heterocycles. The summed E-state index contributed by atoms with van der Waals surface area (Å²) in [6.45, 7) is 11.7. The number of rotatable bonds is 21. The second-order valence-corrected chi connectivity index (χ2v) is 10.6. The van der Waals surface area contributed by atoms with Crippen LogP contribution in [-0.4, -0.2) is 53.8 Å². The molecule has 0 aromatic heterocycles. The fraction of sp³-hybridized carbons (Fsp3) is 0.926. The molecule has 0 fully saturated rings. The van der Waals surface area contributed by atoms with Crippen LogP contribution in [0.25, 0.3) is 0 Å². The van der Waals surface area contributed by atoms with Gasteiger partial charge in [0, 0.05) is 6.61 Å². The number of allylic oxidation sites excluding steroid dienone is 2. The van der Waals surface area contributed by atoms with Gasteiger partial charge in [-0.05, 0) is 50.4 Å². The van der Waals surface area contributed by atoms with E-state index >= 15 is 0 Å². The minimum absolute atomic E-state index is 0. The van der Waals surface area contributed by atoms with E-state index in [0.717, 1.165) is 30.6 Å². The molecule has 2 unspecified atom stereocenters. The molecule has 0 aromatic carbocycles. The van der Waals surface area contributed by atoms with E-state index in [0.29, 0.717) is 6.61 Å². The molecule has 0 bridgehead atoms. The van der Waals surface area contributed by atoms with Crippen LogP contribution in [0.1, 0.15) is 105 Å². The number of aliphatic hydroxyl groups is 3. The van der Waals surface area contributed by atoms with Crippen LogP contribution in [-0.2, 0) is 4.74 Å². The summed E-state index contributed by atoms with van der Waals surface area (Å²) in [6.07, 6.45) is 16.3. The SMILES string of the molecule is CC(=CCCCOCC(CO)(CO)CO)CCCC(C)CCCC(C)CCCC(C)C.O. The third-order valence-electron chi connectivity index (χ3n) is 6.54. The molecule has 0 aromatic rings. The van der Waals surface area contributed by atoms with Gasteiger partial charge in [0.25, 0.3) is 0 Å². The Morgan fingerprint density at radius 2 is 1.28 bits per heavy atom. The first-order valence-corrected chi connectivity index (χ1v) is 12.8. The minimum Gasteiger partial charge on any atom is -0.412 e. The van der Waals surface area contributed by atoms with Gasteiger partial charge < -0.3 is 25.5 Å². The first-order valence-electron chi connectivity index (χ1n) is 12.8. The lowest BCUT2D eigenvalue weighted by Crippen LogP contribution is -2.38. The van der Waals surface area contributed by atoms with Crippen LogP contribution >= 0.6 is 0 Å². The first-order chi connectivity index (χ1) is 14.8. The summed E-state index contributed by atoms with van der Waals surface area (Å²) in [7, 11) is 0. The third kappa shape index (κ3) is 18.0. The molecule has 0 aliphatic heterocycles. The molecule has 5 heteroatoms. The van der Waals surface area contributed by atoms with Crippen molar-refractivity contribution in [1.29, 1.82) is 0 Å². The van der Waals surface area contributed by atoms with Gasteiger partial charge >= 0.3 is 0 Å². The largest absolute Gasteiger partial charge is 0.412 e. The molecule has 32 heavy (non-hydrogen) atoms. The predicted octanol–water partition coefficient (Wildman–Crippen LogP) is 5.31. The maximum absolute atomic E-state index is 9.28. The standard InChI is InChI=1S/C27H54O4.H2O/c1-23(2)11-8-13-25(4)15-10-17-26(5)16-9-14-24(3)12-6-7-18-31-22-27(19-28,20-29)21-30;/h12,23,25-26,28-30H,6-11,13-22H2,1-5H3;1H2. The number of aliphatic hydroxyl groups excluding tert-OH is 3. The van der Waals surface area contributed by atoms with E-state index in [1.165, 1.54) is 63.4 Å². The number of hydrogen-bond donors (Lipinski definition) is 3. The summed E-state index contributed by atoms with van der Waals surface area (Å²) in [5, 5.41) is 27.9. The van der Waals surface area contributed by atoms with Crippen LogP contribution in [0.4, 0.5) is 0 Å². The quantitative estimate of drug-likeness (QED) is 0.160. The molecular formula is C27H56O5. The van der Waals surface area contributed by atoms with Gasteiger partial charge in [-0.25, -0.2) is 0 Å². The molecule has 0 saturated heterocycles. The number of hydrogen-bond acceptors (Lipinski definition) is 4. The van der Waals surface area contributed by atoms with E-state index in [1.54, 1.807) is 0 Å². The van der Waals surface area contributed by atoms with Crippen molar-refractivity contribution in [2.24, 2.45) is 23.2 Å². The molecule has 0 saturated carbocycles. The smallest absolute Gasteiger partial charge is 0.0629 e. The van der Waals surface area contributed by atoms with Crippen LogP contribution in [0.15, 0.2) is 11.6 Å². The fourth-order valence-electron chi connectivity index (χ4n) is 3.92. The lowest BCUT2D eigenvalue weighted by atomic mass is 9.91. The van der Waals surface area contributed by atoms with Gasteiger partial charge in [0.2, 0.25) is 0 Å². The summed E-state index contributed by atoms with van der Waals surface area (Å²) in [5.74, 6) is 2.55. The van der Waals surface area contributed by atoms with Crippen molar-refractivity contribution in [2.45, 2.75) is 105 Å². The van der Waals surface area contributed by atoms with Crippen molar-refractivity contribution >= 4 is 0 Å². The van der Waals surface area contributed by atoms with Gasteiger partial charge in [0.1, 0.15) is 0 Å². The topological polar surface area (TPSA) is 101 Å². The fourth-order valence-corrected chi connectivity index (χ4v) is 3.92. The van der Waals surface area contributed by atoms with Crippen molar-refractivity contribution in [2.75, 3.05) is 33.0 Å². The normalized spacial score (nSPS) is 14.5. The lowest BCUT2D eigenvalue weighted by Gasteiger charge is -2.26. The van der Waals surface area contributed by atoms with Gasteiger partial charge in [0.15, 0.2) is 0 Å². The van der Waals surface area contributed by atoms with Gasteiger partial charge in [-0.3, -0.25) is 0 Å². The molecular weight excluding hydrogens is 404 g/mol. The molecule has 0 radical (unpaired) electrons. The Morgan fingerprint density at radius 1 is 0.781 bits per heavy atom. The Bertz CT molecular complexity index is 423. The summed E-state index contributed by atoms with van der Waals surface area (Å²) >= 11 is 0. The highest BCUT2D eigenvalue weighted by Gasteiger charge is 2.28. The second kappa shape index (κ2) is 21.1. The highest BCUT2D eigenvalue weighted by atomic mass is 16.5. The van der Waals surface area contributed by atoms with E-state index in [-0.39, 0.29) is 31.9 Å². The number of ether oxygens (including phenoxy) is 1. The predicted molar refractivity (Wildman–Crippen MR) is 136 cm³/mol. The van der Waals surface area contributed by atoms with Crippen molar-refractivity contribution in [1.82, 2.24) is 0 Å². The summed E-state index contributed by atoms with van der Waals surface area (Å²) in [5.41, 5.74) is 0.537. The lowest BCUT2D eigenvalue weighted by molar-refractivity contribution is -0.0579. The molecule has 0 aliphatic rings. The minimum atomic E-state index is -0.922. The Labute approximate surface area is 199 Å². The molecule has 2 atom stereocenters. The van der Waals surface area contributed by atoms with Crippen LogP contribution in [0.5, 0.6) is 0 Å². The molecule has 5 N–H and O–H groups in total. The average molecular weight is 461 g/mol. The van der Waals surface area contributed by atoms with Crippen molar-refractivity contribution in [3.05, 3.63) is 11.6 Å². The van der Waals surface area contributed by atoms with Crippen LogP contribution in [0, 0.1) is 23.2 Å². The summed E-state index contributed by atoms with van der Waals surface area (Å²) in [4.78, 5) is 0. The van der Waals surface area contributed by atoms with Gasteiger partial charge in [0.05, 0.1) is 31.8 Å². The Kier molecular flexibility index (Phi) is 22.2. The monoisotopic (exact) mass is 460 g/mol.